The van der Waals surface area contributed by atoms with Crippen molar-refractivity contribution in [3.63, 3.8) is 0 Å². The van der Waals surface area contributed by atoms with E-state index < -0.39 is 15.8 Å². The molecule has 1 aromatic carbocycles. The normalized spacial score (nSPS) is 19.8. The average Bonchev–Trinajstić information content (AvgIpc) is 3.11. The van der Waals surface area contributed by atoms with E-state index in [9.17, 15) is 18.3 Å². The molecule has 0 spiro atoms. The van der Waals surface area contributed by atoms with Crippen LogP contribution in [-0.4, -0.2) is 40.8 Å². The first-order chi connectivity index (χ1) is 10.9. The van der Waals surface area contributed by atoms with Crippen molar-refractivity contribution in [3.05, 3.63) is 41.6 Å². The van der Waals surface area contributed by atoms with E-state index in [1.54, 1.807) is 4.68 Å². The summed E-state index contributed by atoms with van der Waals surface area (Å²) < 4.78 is 25.0. The molecule has 2 aromatic rings. The number of rotatable bonds is 4. The van der Waals surface area contributed by atoms with Crippen LogP contribution >= 0.6 is 0 Å². The summed E-state index contributed by atoms with van der Waals surface area (Å²) >= 11 is 0. The van der Waals surface area contributed by atoms with Gasteiger partial charge >= 0.3 is 5.97 Å². The summed E-state index contributed by atoms with van der Waals surface area (Å²) in [5, 5.41) is 13.3. The van der Waals surface area contributed by atoms with Crippen molar-refractivity contribution in [2.45, 2.75) is 25.8 Å². The largest absolute Gasteiger partial charge is 0.476 e. The molecule has 0 saturated carbocycles. The van der Waals surface area contributed by atoms with E-state index in [0.717, 1.165) is 12.0 Å². The first-order valence-electron chi connectivity index (χ1n) is 7.52. The lowest BCUT2D eigenvalue weighted by molar-refractivity contribution is 0.0689. The molecule has 1 saturated heterocycles. The lowest BCUT2D eigenvalue weighted by Gasteiger charge is -2.13. The summed E-state index contributed by atoms with van der Waals surface area (Å²) in [5.74, 6) is -0.988. The van der Waals surface area contributed by atoms with Gasteiger partial charge in [-0.1, -0.05) is 31.2 Å². The van der Waals surface area contributed by atoms with Crippen LogP contribution in [-0.2, 0) is 16.3 Å². The molecular formula is C16H18N2O4S. The monoisotopic (exact) mass is 334 g/mol. The molecule has 1 aliphatic rings. The van der Waals surface area contributed by atoms with Crippen molar-refractivity contribution in [2.24, 2.45) is 0 Å². The zero-order chi connectivity index (χ0) is 16.6. The number of hydrogen-bond donors (Lipinski definition) is 1. The Bertz CT molecular complexity index is 837. The van der Waals surface area contributed by atoms with Crippen molar-refractivity contribution in [3.8, 4) is 11.3 Å². The number of aromatic carboxylic acids is 1. The molecule has 2 heterocycles. The van der Waals surface area contributed by atoms with Gasteiger partial charge in [0, 0.05) is 0 Å². The van der Waals surface area contributed by atoms with Crippen LogP contribution < -0.4 is 0 Å². The molecule has 1 unspecified atom stereocenters. The topological polar surface area (TPSA) is 89.3 Å². The second-order valence-corrected chi connectivity index (χ2v) is 8.00. The van der Waals surface area contributed by atoms with Crippen LogP contribution in [0.4, 0.5) is 0 Å². The number of nitrogens with zero attached hydrogens (tertiary/aromatic N) is 2. The second-order valence-electron chi connectivity index (χ2n) is 5.77. The number of benzene rings is 1. The molecule has 1 fully saturated rings. The molecule has 23 heavy (non-hydrogen) atoms. The zero-order valence-corrected chi connectivity index (χ0v) is 13.6. The third kappa shape index (κ3) is 3.14. The van der Waals surface area contributed by atoms with Gasteiger partial charge in [0.25, 0.3) is 0 Å². The van der Waals surface area contributed by atoms with E-state index in [-0.39, 0.29) is 23.2 Å². The van der Waals surface area contributed by atoms with Gasteiger partial charge in [0.2, 0.25) is 0 Å². The number of carbonyl (C=O) groups is 1. The summed E-state index contributed by atoms with van der Waals surface area (Å²) in [7, 11) is -3.07. The summed E-state index contributed by atoms with van der Waals surface area (Å²) in [6.07, 6.45) is 1.38. The van der Waals surface area contributed by atoms with Crippen molar-refractivity contribution >= 4 is 15.8 Å². The quantitative estimate of drug-likeness (QED) is 0.925. The number of carboxylic acid groups (broad SMARTS) is 1. The van der Waals surface area contributed by atoms with Crippen LogP contribution in [0, 0.1) is 0 Å². The number of carboxylic acids is 1. The van der Waals surface area contributed by atoms with Crippen LogP contribution in [0.25, 0.3) is 11.3 Å². The van der Waals surface area contributed by atoms with Crippen molar-refractivity contribution < 1.29 is 18.3 Å². The van der Waals surface area contributed by atoms with Crippen molar-refractivity contribution in [2.75, 3.05) is 11.5 Å². The molecular weight excluding hydrogens is 316 g/mol. The molecule has 0 aliphatic carbocycles. The molecule has 122 valence electrons. The number of aromatic nitrogens is 2. The van der Waals surface area contributed by atoms with Crippen LogP contribution in [0.15, 0.2) is 30.3 Å². The Morgan fingerprint density at radius 2 is 2.04 bits per heavy atom. The minimum Gasteiger partial charge on any atom is -0.476 e. The van der Waals surface area contributed by atoms with Gasteiger partial charge in [-0.15, -0.1) is 0 Å². The highest BCUT2D eigenvalue weighted by Gasteiger charge is 2.32. The number of aryl methyl sites for hydroxylation is 1. The van der Waals surface area contributed by atoms with Crippen LogP contribution in [0.2, 0.25) is 0 Å². The van der Waals surface area contributed by atoms with Gasteiger partial charge in [-0.2, -0.15) is 5.10 Å². The van der Waals surface area contributed by atoms with Gasteiger partial charge in [-0.05, 0) is 30.0 Å². The van der Waals surface area contributed by atoms with Crippen molar-refractivity contribution in [1.29, 1.82) is 0 Å². The van der Waals surface area contributed by atoms with E-state index in [1.807, 2.05) is 24.3 Å². The van der Waals surface area contributed by atoms with E-state index in [1.165, 1.54) is 11.6 Å². The lowest BCUT2D eigenvalue weighted by Crippen LogP contribution is -2.14. The number of sulfone groups is 1. The summed E-state index contributed by atoms with van der Waals surface area (Å²) in [6, 6.07) is 9.00. The Labute approximate surface area is 134 Å². The van der Waals surface area contributed by atoms with E-state index >= 15 is 0 Å². The summed E-state index contributed by atoms with van der Waals surface area (Å²) in [6.45, 7) is 2.06. The summed E-state index contributed by atoms with van der Waals surface area (Å²) in [4.78, 5) is 11.2. The average molecular weight is 334 g/mol. The highest BCUT2D eigenvalue weighted by Crippen LogP contribution is 2.30. The Morgan fingerprint density at radius 1 is 1.35 bits per heavy atom. The van der Waals surface area contributed by atoms with Gasteiger partial charge in [0.15, 0.2) is 15.5 Å². The van der Waals surface area contributed by atoms with Gasteiger partial charge in [-0.3, -0.25) is 4.68 Å². The number of hydrogen-bond acceptors (Lipinski definition) is 4. The van der Waals surface area contributed by atoms with E-state index in [0.29, 0.717) is 12.1 Å². The molecule has 6 nitrogen and oxygen atoms in total. The molecule has 0 radical (unpaired) electrons. The molecule has 3 rings (SSSR count). The van der Waals surface area contributed by atoms with E-state index in [4.69, 9.17) is 0 Å². The fourth-order valence-corrected chi connectivity index (χ4v) is 4.56. The Balaban J connectivity index is 2.05. The van der Waals surface area contributed by atoms with Crippen molar-refractivity contribution in [1.82, 2.24) is 9.78 Å². The van der Waals surface area contributed by atoms with Gasteiger partial charge in [0.1, 0.15) is 0 Å². The highest BCUT2D eigenvalue weighted by atomic mass is 32.2. The maximum absolute atomic E-state index is 11.7. The minimum absolute atomic E-state index is 0.00772. The van der Waals surface area contributed by atoms with Crippen LogP contribution in [0.5, 0.6) is 0 Å². The van der Waals surface area contributed by atoms with E-state index in [2.05, 4.69) is 12.0 Å². The molecule has 7 heteroatoms. The first kappa shape index (κ1) is 15.7. The smallest absolute Gasteiger partial charge is 0.356 e. The van der Waals surface area contributed by atoms with Crippen LogP contribution in [0.3, 0.4) is 0 Å². The Hall–Kier alpha value is -2.15. The maximum atomic E-state index is 11.7. The lowest BCUT2D eigenvalue weighted by atomic mass is 10.1. The fraction of sp³-hybridized carbons (Fsp3) is 0.375. The predicted octanol–water partition coefficient (Wildman–Crippen LogP) is 2.17. The Kier molecular flexibility index (Phi) is 3.97. The standard InChI is InChI=1S/C16H18N2O4S/c1-2-11-3-5-12(6-4-11)15-9-14(16(19)20)17-18(15)13-7-8-23(21,22)10-13/h3-6,9,13H,2,7-8,10H2,1H3,(H,19,20). The molecule has 0 amide bonds. The third-order valence-electron chi connectivity index (χ3n) is 4.17. The summed E-state index contributed by atoms with van der Waals surface area (Å²) in [5.41, 5.74) is 2.60. The highest BCUT2D eigenvalue weighted by molar-refractivity contribution is 7.91. The zero-order valence-electron chi connectivity index (χ0n) is 12.8. The van der Waals surface area contributed by atoms with Gasteiger partial charge in [0.05, 0.1) is 23.2 Å². The first-order valence-corrected chi connectivity index (χ1v) is 9.34. The third-order valence-corrected chi connectivity index (χ3v) is 5.92. The Morgan fingerprint density at radius 3 is 2.57 bits per heavy atom. The molecule has 1 atom stereocenters. The van der Waals surface area contributed by atoms with Gasteiger partial charge < -0.3 is 5.11 Å². The predicted molar refractivity (Wildman–Crippen MR) is 86.3 cm³/mol. The molecule has 1 aliphatic heterocycles. The van der Waals surface area contributed by atoms with Crippen LogP contribution in [0.1, 0.15) is 35.4 Å². The molecule has 0 bridgehead atoms. The second kappa shape index (κ2) is 5.81. The van der Waals surface area contributed by atoms with Gasteiger partial charge in [-0.25, -0.2) is 13.2 Å². The maximum Gasteiger partial charge on any atom is 0.356 e. The SMILES string of the molecule is CCc1ccc(-c2cc(C(=O)O)nn2C2CCS(=O)(=O)C2)cc1. The minimum atomic E-state index is -3.07. The molecule has 1 aromatic heterocycles. The fourth-order valence-electron chi connectivity index (χ4n) is 2.87. The molecule has 1 N–H and O–H groups in total.